The van der Waals surface area contributed by atoms with Gasteiger partial charge < -0.3 is 9.64 Å². The Morgan fingerprint density at radius 1 is 1.57 bits per heavy atom. The second-order valence-corrected chi connectivity index (χ2v) is 5.95. The van der Waals surface area contributed by atoms with Gasteiger partial charge in [-0.25, -0.2) is 4.98 Å². The maximum atomic E-state index is 12.3. The Hall–Kier alpha value is -1.73. The van der Waals surface area contributed by atoms with Crippen molar-refractivity contribution in [3.63, 3.8) is 0 Å². The molecule has 0 N–H and O–H groups in total. The Kier molecular flexibility index (Phi) is 4.03. The molecule has 2 aromatic rings. The van der Waals surface area contributed by atoms with Crippen molar-refractivity contribution in [1.82, 2.24) is 14.5 Å². The normalized spacial score (nSPS) is 19.1. The smallest absolute Gasteiger partial charge is 0.262 e. The zero-order valence-electron chi connectivity index (χ0n) is 11.8. The van der Waals surface area contributed by atoms with E-state index in [-0.39, 0.29) is 24.1 Å². The molecule has 21 heavy (non-hydrogen) atoms. The molecule has 0 spiro atoms. The lowest BCUT2D eigenvalue weighted by molar-refractivity contribution is -0.139. The van der Waals surface area contributed by atoms with Gasteiger partial charge in [0.1, 0.15) is 11.4 Å². The largest absolute Gasteiger partial charge is 0.375 e. The molecule has 6 nitrogen and oxygen atoms in total. The van der Waals surface area contributed by atoms with E-state index in [1.807, 2.05) is 12.3 Å². The molecule has 1 aliphatic rings. The number of hydrogen-bond acceptors (Lipinski definition) is 5. The number of hydrogen-bond donors (Lipinski definition) is 0. The van der Waals surface area contributed by atoms with Gasteiger partial charge >= 0.3 is 0 Å². The Morgan fingerprint density at radius 2 is 2.43 bits per heavy atom. The van der Waals surface area contributed by atoms with Crippen molar-refractivity contribution in [1.29, 1.82) is 0 Å². The molecule has 1 amide bonds. The van der Waals surface area contributed by atoms with Crippen LogP contribution in [0.5, 0.6) is 0 Å². The molecule has 0 saturated carbocycles. The zero-order valence-corrected chi connectivity index (χ0v) is 12.6. The van der Waals surface area contributed by atoms with Crippen LogP contribution in [0, 0.1) is 0 Å². The van der Waals surface area contributed by atoms with Crippen LogP contribution in [0.2, 0.25) is 0 Å². The van der Waals surface area contributed by atoms with Gasteiger partial charge in [0.15, 0.2) is 0 Å². The van der Waals surface area contributed by atoms with Gasteiger partial charge in [-0.15, -0.1) is 11.3 Å². The van der Waals surface area contributed by atoms with Gasteiger partial charge in [-0.05, 0) is 17.9 Å². The van der Waals surface area contributed by atoms with Gasteiger partial charge in [-0.2, -0.15) is 0 Å². The molecule has 1 fully saturated rings. The number of amides is 1. The standard InChI is InChI=1S/C14H17N3O3S/c1-2-10-7-16(4-5-20-10)12(18)8-17-9-15-13-11(14(17)19)3-6-21-13/h3,6,9-10H,2,4-5,7-8H2,1H3/t10-/m1/s1. The molecule has 0 unspecified atom stereocenters. The zero-order chi connectivity index (χ0) is 14.8. The minimum absolute atomic E-state index is 0.0358. The van der Waals surface area contributed by atoms with Gasteiger partial charge in [-0.3, -0.25) is 14.2 Å². The van der Waals surface area contributed by atoms with Crippen LogP contribution in [-0.2, 0) is 16.1 Å². The van der Waals surface area contributed by atoms with Crippen LogP contribution in [0.3, 0.4) is 0 Å². The number of fused-ring (bicyclic) bond motifs is 1. The predicted molar refractivity (Wildman–Crippen MR) is 80.5 cm³/mol. The highest BCUT2D eigenvalue weighted by Crippen LogP contribution is 2.13. The highest BCUT2D eigenvalue weighted by molar-refractivity contribution is 7.16. The third-order valence-corrected chi connectivity index (χ3v) is 4.52. The van der Waals surface area contributed by atoms with Gasteiger partial charge in [0.2, 0.25) is 5.91 Å². The molecule has 3 heterocycles. The van der Waals surface area contributed by atoms with E-state index in [4.69, 9.17) is 4.74 Å². The molecule has 0 bridgehead atoms. The third-order valence-electron chi connectivity index (χ3n) is 3.70. The van der Waals surface area contributed by atoms with E-state index in [9.17, 15) is 9.59 Å². The summed E-state index contributed by atoms with van der Waals surface area (Å²) >= 11 is 1.42. The summed E-state index contributed by atoms with van der Waals surface area (Å²) in [5, 5.41) is 2.41. The Morgan fingerprint density at radius 3 is 3.24 bits per heavy atom. The minimum atomic E-state index is -0.157. The van der Waals surface area contributed by atoms with Gasteiger partial charge in [0, 0.05) is 13.1 Å². The summed E-state index contributed by atoms with van der Waals surface area (Å²) < 4.78 is 6.94. The summed E-state index contributed by atoms with van der Waals surface area (Å²) in [5.41, 5.74) is -0.157. The van der Waals surface area contributed by atoms with E-state index in [0.29, 0.717) is 29.9 Å². The Labute approximate surface area is 126 Å². The maximum absolute atomic E-state index is 12.3. The molecular formula is C14H17N3O3S. The summed E-state index contributed by atoms with van der Waals surface area (Å²) in [6, 6.07) is 1.75. The number of thiophene rings is 1. The van der Waals surface area contributed by atoms with Gasteiger partial charge in [-0.1, -0.05) is 6.92 Å². The fraction of sp³-hybridized carbons (Fsp3) is 0.500. The lowest BCUT2D eigenvalue weighted by Crippen LogP contribution is -2.47. The average Bonchev–Trinajstić information content (AvgIpc) is 2.99. The van der Waals surface area contributed by atoms with Crippen LogP contribution in [-0.4, -0.2) is 46.2 Å². The van der Waals surface area contributed by atoms with Crippen molar-refractivity contribution in [3.05, 3.63) is 28.1 Å². The molecule has 0 radical (unpaired) electrons. The number of carbonyl (C=O) groups is 1. The first-order valence-electron chi connectivity index (χ1n) is 7.01. The molecule has 1 atom stereocenters. The summed E-state index contributed by atoms with van der Waals surface area (Å²) in [6.07, 6.45) is 2.43. The molecule has 112 valence electrons. The number of nitrogens with zero attached hydrogens (tertiary/aromatic N) is 3. The molecule has 3 rings (SSSR count). The first-order valence-corrected chi connectivity index (χ1v) is 7.89. The molecule has 7 heteroatoms. The number of aromatic nitrogens is 2. The van der Waals surface area contributed by atoms with Crippen LogP contribution in [0.4, 0.5) is 0 Å². The second-order valence-electron chi connectivity index (χ2n) is 5.06. The number of rotatable bonds is 3. The van der Waals surface area contributed by atoms with Crippen LogP contribution in [0.25, 0.3) is 10.2 Å². The summed E-state index contributed by atoms with van der Waals surface area (Å²) in [4.78, 5) is 31.3. The lowest BCUT2D eigenvalue weighted by atomic mass is 10.2. The fourth-order valence-electron chi connectivity index (χ4n) is 2.44. The van der Waals surface area contributed by atoms with Crippen LogP contribution in [0.15, 0.2) is 22.6 Å². The SMILES string of the molecule is CC[C@@H]1CN(C(=O)Cn2cnc3sccc3c2=O)CCO1. The molecule has 2 aromatic heterocycles. The van der Waals surface area contributed by atoms with Crippen molar-refractivity contribution in [2.75, 3.05) is 19.7 Å². The highest BCUT2D eigenvalue weighted by atomic mass is 32.1. The monoisotopic (exact) mass is 307 g/mol. The Balaban J connectivity index is 1.77. The van der Waals surface area contributed by atoms with E-state index in [0.717, 1.165) is 6.42 Å². The van der Waals surface area contributed by atoms with E-state index in [1.165, 1.54) is 22.2 Å². The number of carbonyl (C=O) groups excluding carboxylic acids is 1. The maximum Gasteiger partial charge on any atom is 0.262 e. The van der Waals surface area contributed by atoms with E-state index < -0.39 is 0 Å². The van der Waals surface area contributed by atoms with Crippen molar-refractivity contribution in [2.45, 2.75) is 26.0 Å². The molecule has 0 aliphatic carbocycles. The second kappa shape index (κ2) is 5.95. The topological polar surface area (TPSA) is 64.4 Å². The quantitative estimate of drug-likeness (QED) is 0.851. The lowest BCUT2D eigenvalue weighted by Gasteiger charge is -2.32. The fourth-order valence-corrected chi connectivity index (χ4v) is 3.17. The van der Waals surface area contributed by atoms with E-state index >= 15 is 0 Å². The van der Waals surface area contributed by atoms with E-state index in [2.05, 4.69) is 4.98 Å². The van der Waals surface area contributed by atoms with Gasteiger partial charge in [0.25, 0.3) is 5.56 Å². The Bertz CT molecular complexity index is 709. The molecule has 1 saturated heterocycles. The first-order chi connectivity index (χ1) is 10.2. The summed E-state index contributed by atoms with van der Waals surface area (Å²) in [7, 11) is 0. The van der Waals surface area contributed by atoms with E-state index in [1.54, 1.807) is 11.0 Å². The highest BCUT2D eigenvalue weighted by Gasteiger charge is 2.23. The summed E-state index contributed by atoms with van der Waals surface area (Å²) in [6.45, 7) is 3.81. The molecular weight excluding hydrogens is 290 g/mol. The van der Waals surface area contributed by atoms with Crippen molar-refractivity contribution in [3.8, 4) is 0 Å². The number of morpholine rings is 1. The van der Waals surface area contributed by atoms with Gasteiger partial charge in [0.05, 0.1) is 24.4 Å². The predicted octanol–water partition coefficient (Wildman–Crippen LogP) is 1.10. The van der Waals surface area contributed by atoms with Crippen molar-refractivity contribution < 1.29 is 9.53 Å². The average molecular weight is 307 g/mol. The molecule has 1 aliphatic heterocycles. The van der Waals surface area contributed by atoms with Crippen molar-refractivity contribution >= 4 is 27.5 Å². The number of ether oxygens (including phenoxy) is 1. The first kappa shape index (κ1) is 14.2. The molecule has 0 aromatic carbocycles. The third kappa shape index (κ3) is 2.84. The minimum Gasteiger partial charge on any atom is -0.375 e. The van der Waals surface area contributed by atoms with Crippen LogP contribution < -0.4 is 5.56 Å². The summed E-state index contributed by atoms with van der Waals surface area (Å²) in [5.74, 6) is -0.0600. The van der Waals surface area contributed by atoms with Crippen LogP contribution in [0.1, 0.15) is 13.3 Å². The van der Waals surface area contributed by atoms with Crippen molar-refractivity contribution in [2.24, 2.45) is 0 Å². The van der Waals surface area contributed by atoms with Crippen LogP contribution >= 0.6 is 11.3 Å².